The zero-order valence-electron chi connectivity index (χ0n) is 16.3. The summed E-state index contributed by atoms with van der Waals surface area (Å²) < 4.78 is 18.3. The van der Waals surface area contributed by atoms with Gasteiger partial charge in [-0.3, -0.25) is 4.90 Å². The van der Waals surface area contributed by atoms with Crippen LogP contribution in [0.5, 0.6) is 0 Å². The van der Waals surface area contributed by atoms with Crippen molar-refractivity contribution in [2.75, 3.05) is 13.2 Å². The van der Waals surface area contributed by atoms with Crippen LogP contribution in [0.15, 0.2) is 30.3 Å². The molecular weight excluding hydrogens is 381 g/mol. The molecule has 1 aromatic heterocycles. The first-order chi connectivity index (χ1) is 13.4. The zero-order valence-corrected chi connectivity index (χ0v) is 17.0. The molecule has 0 fully saturated rings. The van der Waals surface area contributed by atoms with E-state index < -0.39 is 12.8 Å². The number of benzene rings is 1. The minimum absolute atomic E-state index is 0.0634. The Hall–Kier alpha value is -2.21. The molecule has 28 heavy (non-hydrogen) atoms. The molecule has 150 valence electrons. The number of amides is 1. The molecule has 1 aliphatic carbocycles. The first kappa shape index (κ1) is 20.5. The predicted octanol–water partition coefficient (Wildman–Crippen LogP) is 4.75. The SMILES string of the molecule is CC1(C)CCc2nc(CN(CCF)C(=O)OCc3ccccc3)nc(Cl)c2C1. The van der Waals surface area contributed by atoms with E-state index in [0.717, 1.165) is 36.1 Å². The van der Waals surface area contributed by atoms with Gasteiger partial charge in [0, 0.05) is 11.3 Å². The van der Waals surface area contributed by atoms with Crippen molar-refractivity contribution in [1.82, 2.24) is 14.9 Å². The number of alkyl halides is 1. The Kier molecular flexibility index (Phi) is 6.50. The summed E-state index contributed by atoms with van der Waals surface area (Å²) in [5.74, 6) is 0.411. The summed E-state index contributed by atoms with van der Waals surface area (Å²) >= 11 is 6.40. The van der Waals surface area contributed by atoms with Gasteiger partial charge in [0.2, 0.25) is 0 Å². The highest BCUT2D eigenvalue weighted by molar-refractivity contribution is 6.30. The highest BCUT2D eigenvalue weighted by Gasteiger charge is 2.29. The maximum atomic E-state index is 13.0. The number of hydrogen-bond donors (Lipinski definition) is 0. The Labute approximate surface area is 169 Å². The van der Waals surface area contributed by atoms with E-state index in [1.54, 1.807) is 0 Å². The Balaban J connectivity index is 1.70. The van der Waals surface area contributed by atoms with Crippen molar-refractivity contribution in [3.05, 3.63) is 58.1 Å². The van der Waals surface area contributed by atoms with Gasteiger partial charge in [0.05, 0.1) is 13.1 Å². The maximum Gasteiger partial charge on any atom is 0.410 e. The van der Waals surface area contributed by atoms with E-state index in [1.807, 2.05) is 30.3 Å². The van der Waals surface area contributed by atoms with Crippen molar-refractivity contribution >= 4 is 17.7 Å². The molecule has 3 rings (SSSR count). The molecule has 0 bridgehead atoms. The fraction of sp³-hybridized carbons (Fsp3) is 0.476. The summed E-state index contributed by atoms with van der Waals surface area (Å²) in [5, 5.41) is 0.422. The minimum Gasteiger partial charge on any atom is -0.445 e. The monoisotopic (exact) mass is 405 g/mol. The molecule has 0 saturated heterocycles. The lowest BCUT2D eigenvalue weighted by atomic mass is 9.76. The first-order valence-corrected chi connectivity index (χ1v) is 9.81. The molecule has 1 heterocycles. The number of fused-ring (bicyclic) bond motifs is 1. The van der Waals surface area contributed by atoms with Crippen LogP contribution >= 0.6 is 11.6 Å². The van der Waals surface area contributed by atoms with Gasteiger partial charge in [-0.2, -0.15) is 0 Å². The van der Waals surface area contributed by atoms with Gasteiger partial charge in [-0.1, -0.05) is 55.8 Å². The highest BCUT2D eigenvalue weighted by atomic mass is 35.5. The number of halogens is 2. The van der Waals surface area contributed by atoms with Crippen LogP contribution in [0, 0.1) is 5.41 Å². The van der Waals surface area contributed by atoms with Crippen molar-refractivity contribution in [1.29, 1.82) is 0 Å². The van der Waals surface area contributed by atoms with E-state index in [2.05, 4.69) is 23.8 Å². The average molecular weight is 406 g/mol. The molecule has 2 aromatic rings. The molecular formula is C21H25ClFN3O2. The van der Waals surface area contributed by atoms with Crippen LogP contribution in [0.2, 0.25) is 5.15 Å². The van der Waals surface area contributed by atoms with Gasteiger partial charge in [-0.25, -0.2) is 19.2 Å². The molecule has 1 amide bonds. The van der Waals surface area contributed by atoms with Crippen LogP contribution in [0.3, 0.4) is 0 Å². The normalized spacial score (nSPS) is 15.0. The molecule has 0 unspecified atom stereocenters. The number of carbonyl (C=O) groups is 1. The Bertz CT molecular complexity index is 830. The van der Waals surface area contributed by atoms with Gasteiger partial charge in [0.1, 0.15) is 24.3 Å². The Morgan fingerprint density at radius 2 is 2.04 bits per heavy atom. The Morgan fingerprint density at radius 3 is 2.75 bits per heavy atom. The van der Waals surface area contributed by atoms with Crippen molar-refractivity contribution < 1.29 is 13.9 Å². The van der Waals surface area contributed by atoms with E-state index in [9.17, 15) is 9.18 Å². The predicted molar refractivity (Wildman–Crippen MR) is 106 cm³/mol. The molecule has 1 aromatic carbocycles. The number of rotatable bonds is 6. The summed E-state index contributed by atoms with van der Waals surface area (Å²) in [6.45, 7) is 3.83. The largest absolute Gasteiger partial charge is 0.445 e. The van der Waals surface area contributed by atoms with Crippen molar-refractivity contribution in [2.45, 2.75) is 46.3 Å². The number of nitrogens with zero attached hydrogens (tertiary/aromatic N) is 3. The topological polar surface area (TPSA) is 55.3 Å². The fourth-order valence-corrected chi connectivity index (χ4v) is 3.62. The summed E-state index contributed by atoms with van der Waals surface area (Å²) in [5.41, 5.74) is 2.94. The molecule has 0 atom stereocenters. The lowest BCUT2D eigenvalue weighted by molar-refractivity contribution is 0.0901. The third-order valence-corrected chi connectivity index (χ3v) is 5.25. The third kappa shape index (κ3) is 5.19. The lowest BCUT2D eigenvalue weighted by Crippen LogP contribution is -2.34. The third-order valence-electron chi connectivity index (χ3n) is 4.93. The summed E-state index contributed by atoms with van der Waals surface area (Å²) in [6.07, 6.45) is 2.06. The van der Waals surface area contributed by atoms with Gasteiger partial charge in [-0.05, 0) is 30.2 Å². The lowest BCUT2D eigenvalue weighted by Gasteiger charge is -2.31. The van der Waals surface area contributed by atoms with E-state index in [4.69, 9.17) is 16.3 Å². The van der Waals surface area contributed by atoms with Crippen LogP contribution in [0.25, 0.3) is 0 Å². The van der Waals surface area contributed by atoms with E-state index in [-0.39, 0.29) is 25.1 Å². The van der Waals surface area contributed by atoms with Crippen LogP contribution in [-0.2, 0) is 30.7 Å². The molecule has 1 aliphatic rings. The maximum absolute atomic E-state index is 13.0. The molecule has 5 nitrogen and oxygen atoms in total. The molecule has 0 N–H and O–H groups in total. The smallest absolute Gasteiger partial charge is 0.410 e. The molecule has 0 spiro atoms. The zero-order chi connectivity index (χ0) is 20.1. The van der Waals surface area contributed by atoms with E-state index >= 15 is 0 Å². The Morgan fingerprint density at radius 1 is 1.29 bits per heavy atom. The van der Waals surface area contributed by atoms with Crippen molar-refractivity contribution in [3.8, 4) is 0 Å². The molecule has 7 heteroatoms. The fourth-order valence-electron chi connectivity index (χ4n) is 3.34. The number of hydrogen-bond acceptors (Lipinski definition) is 4. The number of aromatic nitrogens is 2. The summed E-state index contributed by atoms with van der Waals surface area (Å²) in [6, 6.07) is 9.35. The van der Waals surface area contributed by atoms with Crippen LogP contribution in [0.4, 0.5) is 9.18 Å². The quantitative estimate of drug-likeness (QED) is 0.650. The number of aryl methyl sites for hydroxylation is 1. The van der Waals surface area contributed by atoms with Crippen LogP contribution in [0.1, 0.15) is 42.9 Å². The van der Waals surface area contributed by atoms with E-state index in [0.29, 0.717) is 11.0 Å². The van der Waals surface area contributed by atoms with Gasteiger partial charge in [0.15, 0.2) is 0 Å². The van der Waals surface area contributed by atoms with Gasteiger partial charge < -0.3 is 4.74 Å². The molecule has 0 aliphatic heterocycles. The molecule has 0 radical (unpaired) electrons. The highest BCUT2D eigenvalue weighted by Crippen LogP contribution is 2.36. The average Bonchev–Trinajstić information content (AvgIpc) is 2.67. The van der Waals surface area contributed by atoms with Gasteiger partial charge in [0.25, 0.3) is 0 Å². The number of carbonyl (C=O) groups excluding carboxylic acids is 1. The van der Waals surface area contributed by atoms with Crippen LogP contribution < -0.4 is 0 Å². The number of ether oxygens (including phenoxy) is 1. The van der Waals surface area contributed by atoms with Gasteiger partial charge >= 0.3 is 6.09 Å². The standard InChI is InChI=1S/C21H25ClFN3O2/c1-21(2)9-8-17-16(12-21)19(22)25-18(24-17)13-26(11-10-23)20(27)28-14-15-6-4-3-5-7-15/h3-7H,8-14H2,1-2H3. The second kappa shape index (κ2) is 8.86. The second-order valence-corrected chi connectivity index (χ2v) is 8.21. The van der Waals surface area contributed by atoms with E-state index in [1.165, 1.54) is 4.90 Å². The van der Waals surface area contributed by atoms with Crippen LogP contribution in [-0.4, -0.2) is 34.2 Å². The second-order valence-electron chi connectivity index (χ2n) is 7.85. The molecule has 0 saturated carbocycles. The van der Waals surface area contributed by atoms with Gasteiger partial charge in [-0.15, -0.1) is 0 Å². The minimum atomic E-state index is -0.673. The van der Waals surface area contributed by atoms with Crippen molar-refractivity contribution in [3.63, 3.8) is 0 Å². The summed E-state index contributed by atoms with van der Waals surface area (Å²) in [7, 11) is 0. The van der Waals surface area contributed by atoms with Crippen molar-refractivity contribution in [2.24, 2.45) is 5.41 Å². The first-order valence-electron chi connectivity index (χ1n) is 9.44. The summed E-state index contributed by atoms with van der Waals surface area (Å²) in [4.78, 5) is 22.6.